The zero-order valence-corrected chi connectivity index (χ0v) is 15.7. The number of nitrogens with one attached hydrogen (secondary N) is 1. The molecule has 1 heterocycles. The summed E-state index contributed by atoms with van der Waals surface area (Å²) in [7, 11) is 5.47. The Morgan fingerprint density at radius 1 is 1.23 bits per heavy atom. The van der Waals surface area contributed by atoms with Crippen molar-refractivity contribution in [3.8, 4) is 11.5 Å². The van der Waals surface area contributed by atoms with E-state index in [1.54, 1.807) is 19.4 Å². The molecule has 1 N–H and O–H groups in total. The van der Waals surface area contributed by atoms with E-state index in [2.05, 4.69) is 10.3 Å². The lowest BCUT2D eigenvalue weighted by Crippen LogP contribution is -2.20. The largest absolute Gasteiger partial charge is 0.493 e. The highest BCUT2D eigenvalue weighted by Gasteiger charge is 2.04. The van der Waals surface area contributed by atoms with Gasteiger partial charge in [0, 0.05) is 32.9 Å². The standard InChI is InChI=1S/C20H25N3O3/c1-5-26-18-12-15(6-9-17(18)25-4)8-11-20(24)22-14-16-7-10-19(21-13-16)23(2)3/h6-13H,5,14H2,1-4H3,(H,22,24)/b11-8+. The van der Waals surface area contributed by atoms with Gasteiger partial charge in [0.15, 0.2) is 11.5 Å². The first kappa shape index (κ1) is 19.3. The molecule has 0 aliphatic rings. The van der Waals surface area contributed by atoms with E-state index >= 15 is 0 Å². The molecule has 0 atom stereocenters. The van der Waals surface area contributed by atoms with Crippen LogP contribution in [0.15, 0.2) is 42.6 Å². The van der Waals surface area contributed by atoms with Crippen molar-refractivity contribution in [3.05, 3.63) is 53.7 Å². The number of nitrogens with zero attached hydrogens (tertiary/aromatic N) is 2. The highest BCUT2D eigenvalue weighted by Crippen LogP contribution is 2.28. The zero-order valence-electron chi connectivity index (χ0n) is 15.7. The molecule has 26 heavy (non-hydrogen) atoms. The summed E-state index contributed by atoms with van der Waals surface area (Å²) in [5.41, 5.74) is 1.81. The smallest absolute Gasteiger partial charge is 0.244 e. The minimum atomic E-state index is -0.171. The number of rotatable bonds is 8. The van der Waals surface area contributed by atoms with Gasteiger partial charge in [-0.1, -0.05) is 12.1 Å². The van der Waals surface area contributed by atoms with Gasteiger partial charge in [-0.3, -0.25) is 4.79 Å². The number of hydrogen-bond donors (Lipinski definition) is 1. The van der Waals surface area contributed by atoms with E-state index in [1.165, 1.54) is 6.08 Å². The molecule has 1 aromatic heterocycles. The van der Waals surface area contributed by atoms with Crippen molar-refractivity contribution < 1.29 is 14.3 Å². The summed E-state index contributed by atoms with van der Waals surface area (Å²) >= 11 is 0. The van der Waals surface area contributed by atoms with Gasteiger partial charge < -0.3 is 19.7 Å². The molecule has 0 aliphatic carbocycles. The third kappa shape index (κ3) is 5.51. The maximum absolute atomic E-state index is 12.0. The molecule has 0 bridgehead atoms. The zero-order chi connectivity index (χ0) is 18.9. The molecule has 0 saturated carbocycles. The molecule has 0 unspecified atom stereocenters. The van der Waals surface area contributed by atoms with Gasteiger partial charge in [-0.15, -0.1) is 0 Å². The second-order valence-corrected chi connectivity index (χ2v) is 5.81. The molecule has 6 nitrogen and oxygen atoms in total. The first-order valence-electron chi connectivity index (χ1n) is 8.42. The van der Waals surface area contributed by atoms with Crippen LogP contribution in [0.3, 0.4) is 0 Å². The number of anilines is 1. The summed E-state index contributed by atoms with van der Waals surface area (Å²) in [6, 6.07) is 9.40. The van der Waals surface area contributed by atoms with E-state index in [0.717, 1.165) is 16.9 Å². The average molecular weight is 355 g/mol. The predicted molar refractivity (Wildman–Crippen MR) is 104 cm³/mol. The number of carbonyl (C=O) groups excluding carboxylic acids is 1. The van der Waals surface area contributed by atoms with E-state index < -0.39 is 0 Å². The van der Waals surface area contributed by atoms with Crippen LogP contribution >= 0.6 is 0 Å². The molecule has 0 aliphatic heterocycles. The third-order valence-electron chi connectivity index (χ3n) is 3.65. The lowest BCUT2D eigenvalue weighted by atomic mass is 10.2. The first-order valence-corrected chi connectivity index (χ1v) is 8.42. The van der Waals surface area contributed by atoms with Gasteiger partial charge in [0.25, 0.3) is 0 Å². The number of carbonyl (C=O) groups is 1. The normalized spacial score (nSPS) is 10.6. The van der Waals surface area contributed by atoms with Crippen molar-refractivity contribution in [3.63, 3.8) is 0 Å². The fourth-order valence-electron chi connectivity index (χ4n) is 2.27. The Labute approximate surface area is 154 Å². The molecule has 0 saturated heterocycles. The molecule has 1 aromatic carbocycles. The van der Waals surface area contributed by atoms with Crippen LogP contribution in [0.2, 0.25) is 0 Å². The first-order chi connectivity index (χ1) is 12.5. The second kappa shape index (κ2) is 9.46. The Kier molecular flexibility index (Phi) is 7.02. The highest BCUT2D eigenvalue weighted by atomic mass is 16.5. The Morgan fingerprint density at radius 3 is 2.65 bits per heavy atom. The Morgan fingerprint density at radius 2 is 2.04 bits per heavy atom. The molecule has 138 valence electrons. The molecule has 1 amide bonds. The van der Waals surface area contributed by atoms with Crippen molar-refractivity contribution in [1.82, 2.24) is 10.3 Å². The average Bonchev–Trinajstić information content (AvgIpc) is 2.65. The lowest BCUT2D eigenvalue weighted by Gasteiger charge is -2.11. The summed E-state index contributed by atoms with van der Waals surface area (Å²) < 4.78 is 10.8. The van der Waals surface area contributed by atoms with Crippen LogP contribution in [-0.2, 0) is 11.3 Å². The van der Waals surface area contributed by atoms with Gasteiger partial charge in [0.1, 0.15) is 5.82 Å². The van der Waals surface area contributed by atoms with Crippen LogP contribution in [0.4, 0.5) is 5.82 Å². The van der Waals surface area contributed by atoms with E-state index in [4.69, 9.17) is 9.47 Å². The molecular weight excluding hydrogens is 330 g/mol. The third-order valence-corrected chi connectivity index (χ3v) is 3.65. The summed E-state index contributed by atoms with van der Waals surface area (Å²) in [6.45, 7) is 2.89. The number of ether oxygens (including phenoxy) is 2. The van der Waals surface area contributed by atoms with Crippen LogP contribution in [0.25, 0.3) is 6.08 Å². The van der Waals surface area contributed by atoms with Crippen molar-refractivity contribution in [2.24, 2.45) is 0 Å². The molecule has 0 radical (unpaired) electrons. The number of methoxy groups -OCH3 is 1. The molecule has 2 rings (SSSR count). The summed E-state index contributed by atoms with van der Waals surface area (Å²) in [6.07, 6.45) is 5.00. The monoisotopic (exact) mass is 355 g/mol. The SMILES string of the molecule is CCOc1cc(/C=C/C(=O)NCc2ccc(N(C)C)nc2)ccc1OC. The summed E-state index contributed by atoms with van der Waals surface area (Å²) in [4.78, 5) is 18.3. The Balaban J connectivity index is 1.93. The fourth-order valence-corrected chi connectivity index (χ4v) is 2.27. The lowest BCUT2D eigenvalue weighted by molar-refractivity contribution is -0.116. The summed E-state index contributed by atoms with van der Waals surface area (Å²) in [5.74, 6) is 2.03. The van der Waals surface area contributed by atoms with Crippen molar-refractivity contribution in [1.29, 1.82) is 0 Å². The minimum absolute atomic E-state index is 0.171. The summed E-state index contributed by atoms with van der Waals surface area (Å²) in [5, 5.41) is 2.84. The number of hydrogen-bond acceptors (Lipinski definition) is 5. The number of pyridine rings is 1. The number of amides is 1. The van der Waals surface area contributed by atoms with Crippen LogP contribution in [0.5, 0.6) is 11.5 Å². The van der Waals surface area contributed by atoms with Crippen LogP contribution in [0.1, 0.15) is 18.1 Å². The maximum Gasteiger partial charge on any atom is 0.244 e. The van der Waals surface area contributed by atoms with Crippen LogP contribution in [-0.4, -0.2) is 38.7 Å². The Bertz CT molecular complexity index is 755. The minimum Gasteiger partial charge on any atom is -0.493 e. The highest BCUT2D eigenvalue weighted by molar-refractivity contribution is 5.91. The van der Waals surface area contributed by atoms with Gasteiger partial charge in [0.05, 0.1) is 13.7 Å². The van der Waals surface area contributed by atoms with Gasteiger partial charge >= 0.3 is 0 Å². The van der Waals surface area contributed by atoms with Gasteiger partial charge in [-0.05, 0) is 42.3 Å². The van der Waals surface area contributed by atoms with Gasteiger partial charge in [0.2, 0.25) is 5.91 Å². The number of benzene rings is 1. The van der Waals surface area contributed by atoms with Crippen LogP contribution in [0, 0.1) is 0 Å². The van der Waals surface area contributed by atoms with Gasteiger partial charge in [-0.25, -0.2) is 4.98 Å². The second-order valence-electron chi connectivity index (χ2n) is 5.81. The van der Waals surface area contributed by atoms with E-state index in [0.29, 0.717) is 24.7 Å². The van der Waals surface area contributed by atoms with E-state index in [1.807, 2.05) is 56.3 Å². The maximum atomic E-state index is 12.0. The topological polar surface area (TPSA) is 63.7 Å². The molecule has 0 fully saturated rings. The molecule has 6 heteroatoms. The fraction of sp³-hybridized carbons (Fsp3) is 0.300. The number of aromatic nitrogens is 1. The van der Waals surface area contributed by atoms with Crippen molar-refractivity contribution in [2.75, 3.05) is 32.7 Å². The van der Waals surface area contributed by atoms with Crippen molar-refractivity contribution >= 4 is 17.8 Å². The molecule has 0 spiro atoms. The van der Waals surface area contributed by atoms with Crippen LogP contribution < -0.4 is 19.7 Å². The van der Waals surface area contributed by atoms with Crippen molar-refractivity contribution in [2.45, 2.75) is 13.5 Å². The quantitative estimate of drug-likeness (QED) is 0.738. The van der Waals surface area contributed by atoms with E-state index in [9.17, 15) is 4.79 Å². The van der Waals surface area contributed by atoms with E-state index in [-0.39, 0.29) is 5.91 Å². The predicted octanol–water partition coefficient (Wildman–Crippen LogP) is 2.88. The molecule has 2 aromatic rings. The Hall–Kier alpha value is -3.02. The molecular formula is C20H25N3O3. The van der Waals surface area contributed by atoms with Gasteiger partial charge in [-0.2, -0.15) is 0 Å².